The van der Waals surface area contributed by atoms with Crippen LogP contribution in [0.2, 0.25) is 5.02 Å². The molecule has 192 valence electrons. The van der Waals surface area contributed by atoms with Crippen LogP contribution in [0.1, 0.15) is 26.7 Å². The lowest BCUT2D eigenvalue weighted by Crippen LogP contribution is -2.46. The van der Waals surface area contributed by atoms with E-state index in [-0.39, 0.29) is 28.5 Å². The lowest BCUT2D eigenvalue weighted by molar-refractivity contribution is -0.134. The Hall–Kier alpha value is -3.18. The molecule has 2 unspecified atom stereocenters. The molecule has 1 aromatic carbocycles. The number of nitrogens with one attached hydrogen (secondary N) is 3. The normalized spacial score (nSPS) is 19.3. The molecule has 1 aromatic rings. The number of amides is 2. The van der Waals surface area contributed by atoms with Crippen molar-refractivity contribution in [3.05, 3.63) is 52.5 Å². The first-order chi connectivity index (χ1) is 17.2. The molecule has 9 nitrogen and oxygen atoms in total. The highest BCUT2D eigenvalue weighted by Gasteiger charge is 2.31. The van der Waals surface area contributed by atoms with Crippen LogP contribution >= 0.6 is 23.4 Å². The number of aliphatic imine (C=N–C) groups is 2. The lowest BCUT2D eigenvalue weighted by Gasteiger charge is -2.30. The summed E-state index contributed by atoms with van der Waals surface area (Å²) in [5.41, 5.74) is 2.09. The molecule has 2 aliphatic rings. The van der Waals surface area contributed by atoms with Gasteiger partial charge in [0, 0.05) is 11.4 Å². The van der Waals surface area contributed by atoms with Gasteiger partial charge in [-0.2, -0.15) is 0 Å². The third-order valence-electron chi connectivity index (χ3n) is 5.38. The summed E-state index contributed by atoms with van der Waals surface area (Å²) in [6.45, 7) is 3.59. The van der Waals surface area contributed by atoms with E-state index in [2.05, 4.69) is 25.9 Å². The Morgan fingerprint density at radius 2 is 2.03 bits per heavy atom. The summed E-state index contributed by atoms with van der Waals surface area (Å²) in [4.78, 5) is 44.3. The van der Waals surface area contributed by atoms with Crippen LogP contribution in [-0.2, 0) is 14.4 Å². The molecule has 1 aliphatic heterocycles. The van der Waals surface area contributed by atoms with Crippen molar-refractivity contribution in [2.45, 2.75) is 38.8 Å². The van der Waals surface area contributed by atoms with Crippen molar-refractivity contribution in [2.75, 3.05) is 16.8 Å². The predicted octanol–water partition coefficient (Wildman–Crippen LogP) is 3.38. The van der Waals surface area contributed by atoms with Crippen molar-refractivity contribution in [2.24, 2.45) is 15.9 Å². The molecule has 0 aromatic heterocycles. The lowest BCUT2D eigenvalue weighted by atomic mass is 9.86. The maximum absolute atomic E-state index is 13.6. The van der Waals surface area contributed by atoms with Gasteiger partial charge in [-0.15, -0.1) is 11.8 Å². The number of halogens is 2. The molecule has 12 heteroatoms. The van der Waals surface area contributed by atoms with Gasteiger partial charge in [-0.1, -0.05) is 31.0 Å². The van der Waals surface area contributed by atoms with E-state index in [1.165, 1.54) is 18.5 Å². The number of fused-ring (bicyclic) bond motifs is 1. The number of carbonyl (C=O) groups excluding carboxylic acids is 2. The molecular formula is C24H27ClFN5O4S. The number of anilines is 1. The van der Waals surface area contributed by atoms with E-state index in [4.69, 9.17) is 16.7 Å². The number of carboxylic acids is 1. The van der Waals surface area contributed by atoms with E-state index in [0.717, 1.165) is 23.8 Å². The standard InChI is InChI=1S/C24H27ClFN5O4S/c1-3-4-14-7-20-16(23(28-12-27-20)30-15-5-6-18(26)17(25)8-15)9-19(14)31-24(35)13(2)29-21(32)10-36-11-22(33)34/h5-9,12-13,16,20H,3-4,10-11H2,1-2H3,(H,29,32)(H,31,35)(H,33,34)(H,27,28,30)/t13-,16?,20?/m1/s1. The number of hydrogen-bond donors (Lipinski definition) is 4. The van der Waals surface area contributed by atoms with E-state index in [9.17, 15) is 18.8 Å². The number of allylic oxidation sites excluding steroid dienone is 1. The van der Waals surface area contributed by atoms with Crippen molar-refractivity contribution in [3.63, 3.8) is 0 Å². The Bertz CT molecular complexity index is 1150. The van der Waals surface area contributed by atoms with Gasteiger partial charge in [-0.3, -0.25) is 19.4 Å². The number of hydrogen-bond acceptors (Lipinski definition) is 7. The third-order valence-corrected chi connectivity index (χ3v) is 6.59. The van der Waals surface area contributed by atoms with E-state index < -0.39 is 29.6 Å². The zero-order valence-electron chi connectivity index (χ0n) is 19.8. The van der Waals surface area contributed by atoms with Crippen LogP contribution in [0.15, 0.2) is 51.6 Å². The summed E-state index contributed by atoms with van der Waals surface area (Å²) in [5.74, 6) is -2.38. The smallest absolute Gasteiger partial charge is 0.313 e. The van der Waals surface area contributed by atoms with Crippen molar-refractivity contribution in [3.8, 4) is 0 Å². The number of thioether (sulfide) groups is 1. The van der Waals surface area contributed by atoms with Gasteiger partial charge in [0.05, 0.1) is 28.5 Å². The highest BCUT2D eigenvalue weighted by molar-refractivity contribution is 8.00. The van der Waals surface area contributed by atoms with Gasteiger partial charge in [0.25, 0.3) is 0 Å². The number of benzene rings is 1. The fraction of sp³-hybridized carbons (Fsp3) is 0.375. The van der Waals surface area contributed by atoms with Gasteiger partial charge < -0.3 is 21.1 Å². The largest absolute Gasteiger partial charge is 0.481 e. The van der Waals surface area contributed by atoms with Crippen LogP contribution in [0.4, 0.5) is 10.1 Å². The highest BCUT2D eigenvalue weighted by Crippen LogP contribution is 2.30. The molecule has 1 aliphatic carbocycles. The van der Waals surface area contributed by atoms with Crippen molar-refractivity contribution < 1.29 is 23.9 Å². The molecule has 0 saturated carbocycles. The maximum Gasteiger partial charge on any atom is 0.313 e. The molecule has 3 atom stereocenters. The van der Waals surface area contributed by atoms with Crippen LogP contribution in [0.3, 0.4) is 0 Å². The molecule has 0 radical (unpaired) electrons. The molecule has 0 bridgehead atoms. The molecule has 0 saturated heterocycles. The SMILES string of the molecule is CCCC1=CC2N=CN=C(Nc3ccc(F)c(Cl)c3)C2C=C1NC(=O)[C@@H](C)NC(=O)CSCC(=O)O. The van der Waals surface area contributed by atoms with Gasteiger partial charge >= 0.3 is 5.97 Å². The topological polar surface area (TPSA) is 132 Å². The fourth-order valence-corrected chi connectivity index (χ4v) is 4.41. The van der Waals surface area contributed by atoms with Crippen LogP contribution in [0.25, 0.3) is 0 Å². The van der Waals surface area contributed by atoms with Crippen molar-refractivity contribution in [1.82, 2.24) is 10.6 Å². The molecular weight excluding hydrogens is 509 g/mol. The third kappa shape index (κ3) is 7.41. The first kappa shape index (κ1) is 27.4. The average molecular weight is 536 g/mol. The second-order valence-corrected chi connectivity index (χ2v) is 9.63. The monoisotopic (exact) mass is 535 g/mol. The summed E-state index contributed by atoms with van der Waals surface area (Å²) in [5, 5.41) is 17.3. The van der Waals surface area contributed by atoms with E-state index in [1.807, 2.05) is 19.1 Å². The fourth-order valence-electron chi connectivity index (χ4n) is 3.69. The Labute approximate surface area is 217 Å². The molecule has 2 amide bonds. The zero-order chi connectivity index (χ0) is 26.2. The van der Waals surface area contributed by atoms with Gasteiger partial charge in [-0.05, 0) is 43.2 Å². The van der Waals surface area contributed by atoms with Gasteiger partial charge in [-0.25, -0.2) is 9.38 Å². The number of amidine groups is 1. The summed E-state index contributed by atoms with van der Waals surface area (Å²) < 4.78 is 13.6. The van der Waals surface area contributed by atoms with E-state index in [0.29, 0.717) is 23.6 Å². The highest BCUT2D eigenvalue weighted by atomic mass is 35.5. The second kappa shape index (κ2) is 12.7. The summed E-state index contributed by atoms with van der Waals surface area (Å²) >= 11 is 6.86. The van der Waals surface area contributed by atoms with Gasteiger partial charge in [0.2, 0.25) is 11.8 Å². The van der Waals surface area contributed by atoms with Crippen LogP contribution in [0, 0.1) is 11.7 Å². The van der Waals surface area contributed by atoms with E-state index >= 15 is 0 Å². The average Bonchev–Trinajstić information content (AvgIpc) is 2.82. The number of rotatable bonds is 10. The first-order valence-corrected chi connectivity index (χ1v) is 12.8. The Balaban J connectivity index is 1.72. The van der Waals surface area contributed by atoms with Crippen LogP contribution < -0.4 is 16.0 Å². The van der Waals surface area contributed by atoms with Crippen LogP contribution in [-0.4, -0.2) is 58.7 Å². The van der Waals surface area contributed by atoms with Crippen molar-refractivity contribution >= 4 is 59.0 Å². The second-order valence-electron chi connectivity index (χ2n) is 8.24. The summed E-state index contributed by atoms with van der Waals surface area (Å²) in [6.07, 6.45) is 6.88. The molecule has 0 spiro atoms. The Morgan fingerprint density at radius 3 is 2.72 bits per heavy atom. The molecule has 4 N–H and O–H groups in total. The summed E-state index contributed by atoms with van der Waals surface area (Å²) in [7, 11) is 0. The van der Waals surface area contributed by atoms with Crippen molar-refractivity contribution in [1.29, 1.82) is 0 Å². The predicted molar refractivity (Wildman–Crippen MR) is 140 cm³/mol. The minimum absolute atomic E-state index is 0.0173. The quantitative estimate of drug-likeness (QED) is 0.363. The number of aliphatic carboxylic acids is 1. The number of carboxylic acid groups (broad SMARTS) is 1. The summed E-state index contributed by atoms with van der Waals surface area (Å²) in [6, 6.07) is 3.22. The Kier molecular flexibility index (Phi) is 9.65. The van der Waals surface area contributed by atoms with Gasteiger partial charge in [0.15, 0.2) is 0 Å². The number of nitrogens with zero attached hydrogens (tertiary/aromatic N) is 2. The molecule has 3 rings (SSSR count). The first-order valence-electron chi connectivity index (χ1n) is 11.3. The van der Waals surface area contributed by atoms with Gasteiger partial charge in [0.1, 0.15) is 24.0 Å². The minimum atomic E-state index is -1.01. The minimum Gasteiger partial charge on any atom is -0.481 e. The molecule has 1 heterocycles. The van der Waals surface area contributed by atoms with E-state index in [1.54, 1.807) is 13.0 Å². The van der Waals surface area contributed by atoms with Crippen LogP contribution in [0.5, 0.6) is 0 Å². The zero-order valence-corrected chi connectivity index (χ0v) is 21.3. The maximum atomic E-state index is 13.6. The number of carbonyl (C=O) groups is 3. The molecule has 0 fully saturated rings. The Morgan fingerprint density at radius 1 is 1.25 bits per heavy atom. The molecule has 36 heavy (non-hydrogen) atoms.